The van der Waals surface area contributed by atoms with Gasteiger partial charge < -0.3 is 10.6 Å². The molecule has 1 aromatic carbocycles. The molecular weight excluding hydrogens is 421 g/mol. The van der Waals surface area contributed by atoms with E-state index in [-0.39, 0.29) is 24.3 Å². The minimum absolute atomic E-state index is 0.0893. The van der Waals surface area contributed by atoms with Gasteiger partial charge in [-0.15, -0.1) is 0 Å². The molecule has 3 rings (SSSR count). The van der Waals surface area contributed by atoms with Crippen molar-refractivity contribution >= 4 is 46.1 Å². The van der Waals surface area contributed by atoms with Gasteiger partial charge in [-0.2, -0.15) is 0 Å². The Morgan fingerprint density at radius 3 is 2.92 bits per heavy atom. The van der Waals surface area contributed by atoms with Crippen molar-refractivity contribution in [3.8, 4) is 0 Å². The lowest BCUT2D eigenvalue weighted by molar-refractivity contribution is -0.136. The average Bonchev–Trinajstić information content (AvgIpc) is 2.75. The van der Waals surface area contributed by atoms with Crippen molar-refractivity contribution in [3.05, 3.63) is 27.8 Å². The van der Waals surface area contributed by atoms with Gasteiger partial charge in [0.15, 0.2) is 0 Å². The normalized spacial score (nSPS) is 26.6. The van der Waals surface area contributed by atoms with Crippen LogP contribution in [0.15, 0.2) is 24.3 Å². The van der Waals surface area contributed by atoms with Crippen LogP contribution in [0.3, 0.4) is 0 Å². The summed E-state index contributed by atoms with van der Waals surface area (Å²) in [4.78, 5) is 38.3. The number of hydrogen-bond donors (Lipinski definition) is 2. The van der Waals surface area contributed by atoms with Crippen molar-refractivity contribution in [1.29, 1.82) is 0 Å². The summed E-state index contributed by atoms with van der Waals surface area (Å²) in [5, 5.41) is 5.59. The molecule has 7 heteroatoms. The fourth-order valence-electron chi connectivity index (χ4n) is 3.55. The van der Waals surface area contributed by atoms with E-state index in [9.17, 15) is 14.4 Å². The van der Waals surface area contributed by atoms with E-state index in [4.69, 9.17) is 0 Å². The third kappa shape index (κ3) is 3.13. The Kier molecular flexibility index (Phi) is 4.80. The van der Waals surface area contributed by atoms with E-state index in [0.717, 1.165) is 27.7 Å². The third-order valence-electron chi connectivity index (χ3n) is 4.91. The highest BCUT2D eigenvalue weighted by molar-refractivity contribution is 14.1. The zero-order valence-electron chi connectivity index (χ0n) is 13.5. The molecule has 2 aliphatic rings. The smallest absolute Gasteiger partial charge is 0.324 e. The van der Waals surface area contributed by atoms with Gasteiger partial charge in [0.2, 0.25) is 5.91 Å². The van der Waals surface area contributed by atoms with Crippen LogP contribution in [0.2, 0.25) is 0 Å². The lowest BCUT2D eigenvalue weighted by atomic mass is 9.73. The van der Waals surface area contributed by atoms with Gasteiger partial charge >= 0.3 is 6.03 Å². The summed E-state index contributed by atoms with van der Waals surface area (Å²) in [5.74, 6) is -0.551. The quantitative estimate of drug-likeness (QED) is 0.560. The molecule has 128 valence electrons. The number of urea groups is 1. The molecule has 2 unspecified atom stereocenters. The van der Waals surface area contributed by atoms with Crippen molar-refractivity contribution in [2.24, 2.45) is 5.92 Å². The first-order valence-electron chi connectivity index (χ1n) is 8.12. The maximum absolute atomic E-state index is 12.8. The summed E-state index contributed by atoms with van der Waals surface area (Å²) >= 11 is 2.16. The Morgan fingerprint density at radius 1 is 1.42 bits per heavy atom. The fourth-order valence-corrected chi connectivity index (χ4v) is 4.09. The molecule has 0 aromatic heterocycles. The minimum atomic E-state index is -0.822. The van der Waals surface area contributed by atoms with Crippen LogP contribution in [0, 0.1) is 9.49 Å². The highest BCUT2D eigenvalue weighted by Gasteiger charge is 2.55. The van der Waals surface area contributed by atoms with Gasteiger partial charge in [-0.3, -0.25) is 14.5 Å². The van der Waals surface area contributed by atoms with Crippen LogP contribution >= 0.6 is 22.6 Å². The molecule has 1 saturated carbocycles. The van der Waals surface area contributed by atoms with Gasteiger partial charge in [0.05, 0.1) is 0 Å². The fraction of sp³-hybridized carbons (Fsp3) is 0.471. The van der Waals surface area contributed by atoms with E-state index in [1.165, 1.54) is 0 Å². The van der Waals surface area contributed by atoms with Crippen molar-refractivity contribution < 1.29 is 14.4 Å². The zero-order valence-corrected chi connectivity index (χ0v) is 15.6. The van der Waals surface area contributed by atoms with Crippen molar-refractivity contribution in [2.75, 3.05) is 11.9 Å². The molecule has 2 N–H and O–H groups in total. The Labute approximate surface area is 154 Å². The number of hydrogen-bond acceptors (Lipinski definition) is 3. The average molecular weight is 441 g/mol. The summed E-state index contributed by atoms with van der Waals surface area (Å²) in [6.07, 6.45) is 3.54. The van der Waals surface area contributed by atoms with Gasteiger partial charge in [0, 0.05) is 9.26 Å². The predicted octanol–water partition coefficient (Wildman–Crippen LogP) is 2.73. The molecule has 1 spiro atoms. The van der Waals surface area contributed by atoms with Crippen LogP contribution < -0.4 is 10.6 Å². The molecule has 0 radical (unpaired) electrons. The van der Waals surface area contributed by atoms with E-state index < -0.39 is 11.6 Å². The van der Waals surface area contributed by atoms with Gasteiger partial charge in [-0.05, 0) is 59.5 Å². The van der Waals surface area contributed by atoms with Crippen LogP contribution in [-0.4, -0.2) is 34.8 Å². The number of carbonyl (C=O) groups excluding carboxylic acids is 3. The first-order chi connectivity index (χ1) is 11.4. The van der Waals surface area contributed by atoms with Crippen LogP contribution in [0.25, 0.3) is 0 Å². The maximum atomic E-state index is 12.8. The summed E-state index contributed by atoms with van der Waals surface area (Å²) in [5.41, 5.74) is -0.169. The maximum Gasteiger partial charge on any atom is 0.325 e. The number of halogens is 1. The number of nitrogens with one attached hydrogen (secondary N) is 2. The van der Waals surface area contributed by atoms with Crippen molar-refractivity contribution in [1.82, 2.24) is 10.2 Å². The number of carbonyl (C=O) groups is 3. The molecule has 1 heterocycles. The van der Waals surface area contributed by atoms with E-state index >= 15 is 0 Å². The molecule has 24 heavy (non-hydrogen) atoms. The molecule has 1 aliphatic heterocycles. The summed E-state index contributed by atoms with van der Waals surface area (Å²) in [7, 11) is 0. The van der Waals surface area contributed by atoms with Gasteiger partial charge in [0.1, 0.15) is 12.1 Å². The number of anilines is 1. The number of imide groups is 1. The largest absolute Gasteiger partial charge is 0.325 e. The molecule has 6 nitrogen and oxygen atoms in total. The number of amides is 4. The SMILES string of the molecule is CC1CCCCC12NC(=O)N(CC(=O)Nc1cccc(I)c1)C2=O. The van der Waals surface area contributed by atoms with Gasteiger partial charge in [-0.1, -0.05) is 25.8 Å². The summed E-state index contributed by atoms with van der Waals surface area (Å²) in [6.45, 7) is 1.73. The number of nitrogens with zero attached hydrogens (tertiary/aromatic N) is 1. The molecule has 4 amide bonds. The Bertz CT molecular complexity index is 693. The van der Waals surface area contributed by atoms with E-state index in [1.807, 2.05) is 25.1 Å². The molecule has 1 saturated heterocycles. The van der Waals surface area contributed by atoms with Crippen LogP contribution in [0.5, 0.6) is 0 Å². The molecule has 2 atom stereocenters. The number of benzene rings is 1. The Hall–Kier alpha value is -1.64. The van der Waals surface area contributed by atoms with Crippen LogP contribution in [0.1, 0.15) is 32.6 Å². The molecule has 2 fully saturated rings. The molecule has 1 aromatic rings. The van der Waals surface area contributed by atoms with E-state index in [2.05, 4.69) is 33.2 Å². The highest BCUT2D eigenvalue weighted by atomic mass is 127. The predicted molar refractivity (Wildman–Crippen MR) is 98.4 cm³/mol. The lowest BCUT2D eigenvalue weighted by Crippen LogP contribution is -2.54. The minimum Gasteiger partial charge on any atom is -0.324 e. The van der Waals surface area contributed by atoms with Crippen LogP contribution in [0.4, 0.5) is 10.5 Å². The van der Waals surface area contributed by atoms with Gasteiger partial charge in [0.25, 0.3) is 5.91 Å². The second-order valence-corrected chi connectivity index (χ2v) is 7.74. The summed E-state index contributed by atoms with van der Waals surface area (Å²) < 4.78 is 0.996. The molecule has 0 bridgehead atoms. The van der Waals surface area contributed by atoms with Gasteiger partial charge in [-0.25, -0.2) is 4.79 Å². The van der Waals surface area contributed by atoms with Crippen molar-refractivity contribution in [3.63, 3.8) is 0 Å². The highest BCUT2D eigenvalue weighted by Crippen LogP contribution is 2.38. The first-order valence-corrected chi connectivity index (χ1v) is 9.20. The van der Waals surface area contributed by atoms with Crippen LogP contribution in [-0.2, 0) is 9.59 Å². The molecule has 1 aliphatic carbocycles. The first kappa shape index (κ1) is 17.2. The number of rotatable bonds is 3. The molecular formula is C17H20IN3O3. The second-order valence-electron chi connectivity index (χ2n) is 6.50. The zero-order chi connectivity index (χ0) is 17.3. The van der Waals surface area contributed by atoms with Crippen molar-refractivity contribution in [2.45, 2.75) is 38.1 Å². The van der Waals surface area contributed by atoms with E-state index in [1.54, 1.807) is 6.07 Å². The second kappa shape index (κ2) is 6.70. The topological polar surface area (TPSA) is 78.5 Å². The standard InChI is InChI=1S/C17H20IN3O3/c1-11-5-2-3-8-17(11)15(23)21(16(24)20-17)10-14(22)19-13-7-4-6-12(18)9-13/h4,6-7,9,11H,2-3,5,8,10H2,1H3,(H,19,22)(H,20,24). The summed E-state index contributed by atoms with van der Waals surface area (Å²) in [6, 6.07) is 6.89. The van der Waals surface area contributed by atoms with E-state index in [0.29, 0.717) is 12.1 Å². The monoisotopic (exact) mass is 441 g/mol. The Morgan fingerprint density at radius 2 is 2.21 bits per heavy atom. The Balaban J connectivity index is 1.70. The third-order valence-corrected chi connectivity index (χ3v) is 5.58. The lowest BCUT2D eigenvalue weighted by Gasteiger charge is -2.36.